The first-order valence-corrected chi connectivity index (χ1v) is 15.1. The van der Waals surface area contributed by atoms with Gasteiger partial charge in [-0.05, 0) is 61.1 Å². The monoisotopic (exact) mass is 516 g/mol. The molecule has 0 bridgehead atoms. The predicted octanol–water partition coefficient (Wildman–Crippen LogP) is 3.17. The molecule has 0 radical (unpaired) electrons. The van der Waals surface area contributed by atoms with Gasteiger partial charge >= 0.3 is 0 Å². The van der Waals surface area contributed by atoms with Crippen LogP contribution in [0.3, 0.4) is 0 Å². The molecule has 0 saturated carbocycles. The largest absolute Gasteiger partial charge is 0.240 e. The Balaban J connectivity index is 2.34. The summed E-state index contributed by atoms with van der Waals surface area (Å²) < 4.78 is 81.6. The van der Waals surface area contributed by atoms with Crippen LogP contribution < -0.4 is 9.44 Å². The van der Waals surface area contributed by atoms with Crippen molar-refractivity contribution in [3.05, 3.63) is 48.5 Å². The van der Waals surface area contributed by atoms with Crippen LogP contribution in [0.4, 0.5) is 0 Å². The molecule has 0 saturated heterocycles. The molecule has 184 valence electrons. The molecule has 0 aliphatic rings. The lowest BCUT2D eigenvalue weighted by Gasteiger charge is -2.12. The second-order valence-electron chi connectivity index (χ2n) is 8.61. The van der Waals surface area contributed by atoms with E-state index in [1.165, 1.54) is 36.4 Å². The minimum atomic E-state index is -4.16. The Hall–Kier alpha value is -1.79. The standard InChI is InChI=1S/C22H32N2O6S3/c1-17(2)11-13-23-32(27,28)21-9-5-7-19(15-21)31(25,26)20-8-6-10-22(16-20)33(29,30)24-14-12-18(3)4/h5-10,15-18,23-24H,11-14H2,1-4H3. The third-order valence-electron chi connectivity index (χ3n) is 4.88. The van der Waals surface area contributed by atoms with E-state index in [0.717, 1.165) is 12.1 Å². The molecule has 0 amide bonds. The van der Waals surface area contributed by atoms with Crippen molar-refractivity contribution in [2.75, 3.05) is 13.1 Å². The molecular formula is C22H32N2O6S3. The Kier molecular flexibility index (Phi) is 9.23. The maximum absolute atomic E-state index is 13.2. The number of nitrogens with one attached hydrogen (secondary N) is 2. The molecule has 0 aromatic heterocycles. The average Bonchev–Trinajstić information content (AvgIpc) is 2.73. The van der Waals surface area contributed by atoms with Gasteiger partial charge in [-0.1, -0.05) is 39.8 Å². The van der Waals surface area contributed by atoms with Gasteiger partial charge < -0.3 is 0 Å². The fourth-order valence-corrected chi connectivity index (χ4v) is 6.57. The molecule has 2 rings (SSSR count). The van der Waals surface area contributed by atoms with Gasteiger partial charge in [-0.2, -0.15) is 0 Å². The van der Waals surface area contributed by atoms with Crippen LogP contribution in [0, 0.1) is 11.8 Å². The number of benzene rings is 2. The summed E-state index contributed by atoms with van der Waals surface area (Å²) >= 11 is 0. The van der Waals surface area contributed by atoms with Gasteiger partial charge in [0.05, 0.1) is 19.6 Å². The summed E-state index contributed by atoms with van der Waals surface area (Å²) in [5, 5.41) is 0. The van der Waals surface area contributed by atoms with Crippen molar-refractivity contribution in [1.82, 2.24) is 9.44 Å². The Morgan fingerprint density at radius 1 is 0.606 bits per heavy atom. The summed E-state index contributed by atoms with van der Waals surface area (Å²) in [6, 6.07) is 10.0. The SMILES string of the molecule is CC(C)CCNS(=O)(=O)c1cccc(S(=O)(=O)c2cccc(S(=O)(=O)NCCC(C)C)c2)c1. The number of hydrogen-bond acceptors (Lipinski definition) is 6. The second kappa shape index (κ2) is 11.1. The Bertz CT molecular complexity index is 1180. The van der Waals surface area contributed by atoms with E-state index in [0.29, 0.717) is 24.7 Å². The van der Waals surface area contributed by atoms with E-state index >= 15 is 0 Å². The highest BCUT2D eigenvalue weighted by molar-refractivity contribution is 7.92. The minimum absolute atomic E-state index is 0.175. The van der Waals surface area contributed by atoms with E-state index < -0.39 is 29.9 Å². The number of sulfone groups is 1. The van der Waals surface area contributed by atoms with E-state index in [4.69, 9.17) is 0 Å². The van der Waals surface area contributed by atoms with E-state index in [9.17, 15) is 25.3 Å². The highest BCUT2D eigenvalue weighted by Crippen LogP contribution is 2.25. The zero-order valence-electron chi connectivity index (χ0n) is 19.3. The van der Waals surface area contributed by atoms with E-state index in [2.05, 4.69) is 9.44 Å². The molecule has 0 atom stereocenters. The van der Waals surface area contributed by atoms with Gasteiger partial charge in [0.2, 0.25) is 29.9 Å². The highest BCUT2D eigenvalue weighted by Gasteiger charge is 2.23. The summed E-state index contributed by atoms with van der Waals surface area (Å²) in [6.45, 7) is 8.35. The van der Waals surface area contributed by atoms with Gasteiger partial charge in [0.1, 0.15) is 0 Å². The van der Waals surface area contributed by atoms with Crippen molar-refractivity contribution in [2.45, 2.75) is 60.1 Å². The van der Waals surface area contributed by atoms with Gasteiger partial charge in [-0.15, -0.1) is 0 Å². The molecule has 0 spiro atoms. The maximum Gasteiger partial charge on any atom is 0.240 e. The molecule has 11 heteroatoms. The smallest absolute Gasteiger partial charge is 0.219 e. The van der Waals surface area contributed by atoms with Gasteiger partial charge in [-0.3, -0.25) is 0 Å². The normalized spacial score (nSPS) is 13.0. The van der Waals surface area contributed by atoms with Crippen LogP contribution in [0.5, 0.6) is 0 Å². The molecule has 0 unspecified atom stereocenters. The van der Waals surface area contributed by atoms with E-state index in [-0.39, 0.29) is 32.7 Å². The quantitative estimate of drug-likeness (QED) is 0.446. The van der Waals surface area contributed by atoms with Crippen LogP contribution in [0.15, 0.2) is 68.1 Å². The van der Waals surface area contributed by atoms with Crippen molar-refractivity contribution >= 4 is 29.9 Å². The van der Waals surface area contributed by atoms with Crippen molar-refractivity contribution in [3.63, 3.8) is 0 Å². The van der Waals surface area contributed by atoms with Gasteiger partial charge in [0.25, 0.3) is 0 Å². The van der Waals surface area contributed by atoms with Crippen LogP contribution in [-0.4, -0.2) is 38.3 Å². The number of rotatable bonds is 12. The average molecular weight is 517 g/mol. The Morgan fingerprint density at radius 3 is 1.27 bits per heavy atom. The van der Waals surface area contributed by atoms with Gasteiger partial charge in [-0.25, -0.2) is 34.7 Å². The molecule has 2 N–H and O–H groups in total. The molecule has 8 nitrogen and oxygen atoms in total. The molecular weight excluding hydrogens is 484 g/mol. The first kappa shape index (κ1) is 27.5. The maximum atomic E-state index is 13.2. The lowest BCUT2D eigenvalue weighted by atomic mass is 10.1. The van der Waals surface area contributed by atoms with Crippen LogP contribution in [-0.2, 0) is 29.9 Å². The zero-order valence-corrected chi connectivity index (χ0v) is 21.7. The summed E-state index contributed by atoms with van der Waals surface area (Å²) in [5.74, 6) is 0.616. The molecule has 33 heavy (non-hydrogen) atoms. The Morgan fingerprint density at radius 2 is 0.939 bits per heavy atom. The van der Waals surface area contributed by atoms with Gasteiger partial charge in [0, 0.05) is 13.1 Å². The zero-order chi connectivity index (χ0) is 24.9. The summed E-state index contributed by atoms with van der Waals surface area (Å²) in [4.78, 5) is -0.828. The fraction of sp³-hybridized carbons (Fsp3) is 0.455. The highest BCUT2D eigenvalue weighted by atomic mass is 32.2. The van der Waals surface area contributed by atoms with E-state index in [1.807, 2.05) is 27.7 Å². The van der Waals surface area contributed by atoms with Crippen molar-refractivity contribution in [2.24, 2.45) is 11.8 Å². The van der Waals surface area contributed by atoms with Crippen LogP contribution >= 0.6 is 0 Å². The van der Waals surface area contributed by atoms with Crippen LogP contribution in [0.1, 0.15) is 40.5 Å². The molecule has 0 fully saturated rings. The molecule has 2 aromatic carbocycles. The van der Waals surface area contributed by atoms with E-state index in [1.54, 1.807) is 0 Å². The Labute approximate surface area is 197 Å². The third kappa shape index (κ3) is 7.61. The molecule has 0 heterocycles. The predicted molar refractivity (Wildman–Crippen MR) is 128 cm³/mol. The summed E-state index contributed by atoms with van der Waals surface area (Å²) in [5.41, 5.74) is 0. The lowest BCUT2D eigenvalue weighted by molar-refractivity contribution is 0.550. The lowest BCUT2D eigenvalue weighted by Crippen LogP contribution is -2.26. The fourth-order valence-electron chi connectivity index (χ4n) is 2.88. The van der Waals surface area contributed by atoms with Gasteiger partial charge in [0.15, 0.2) is 0 Å². The second-order valence-corrected chi connectivity index (χ2v) is 14.1. The number of hydrogen-bond donors (Lipinski definition) is 2. The third-order valence-corrected chi connectivity index (χ3v) is 9.55. The van der Waals surface area contributed by atoms with Crippen molar-refractivity contribution < 1.29 is 25.3 Å². The molecule has 2 aromatic rings. The van der Waals surface area contributed by atoms with Crippen molar-refractivity contribution in [3.8, 4) is 0 Å². The summed E-state index contributed by atoms with van der Waals surface area (Å²) in [7, 11) is -11.9. The molecule has 0 aliphatic carbocycles. The minimum Gasteiger partial charge on any atom is -0.219 e. The van der Waals surface area contributed by atoms with Crippen LogP contribution in [0.25, 0.3) is 0 Å². The van der Waals surface area contributed by atoms with Crippen LogP contribution in [0.2, 0.25) is 0 Å². The van der Waals surface area contributed by atoms with Crippen molar-refractivity contribution in [1.29, 1.82) is 0 Å². The molecule has 0 aliphatic heterocycles. The number of sulfonamides is 2. The first-order chi connectivity index (χ1) is 15.3. The summed E-state index contributed by atoms with van der Waals surface area (Å²) in [6.07, 6.45) is 1.29. The first-order valence-electron chi connectivity index (χ1n) is 10.7. The topological polar surface area (TPSA) is 126 Å².